The van der Waals surface area contributed by atoms with E-state index >= 15 is 0 Å². The summed E-state index contributed by atoms with van der Waals surface area (Å²) in [5.41, 5.74) is 1.09. The van der Waals surface area contributed by atoms with Gasteiger partial charge in [-0.05, 0) is 38.8 Å². The average molecular weight is 316 g/mol. The van der Waals surface area contributed by atoms with Crippen LogP contribution in [0.2, 0.25) is 0 Å². The number of hydrogen-bond acceptors (Lipinski definition) is 4. The molecule has 0 aromatic heterocycles. The monoisotopic (exact) mass is 316 g/mol. The molecule has 0 saturated carbocycles. The minimum absolute atomic E-state index is 0.397. The van der Waals surface area contributed by atoms with E-state index in [-0.39, 0.29) is 0 Å². The third-order valence-corrected chi connectivity index (χ3v) is 3.05. The maximum atomic E-state index is 11.8. The zero-order valence-electron chi connectivity index (χ0n) is 13.4. The van der Waals surface area contributed by atoms with Crippen molar-refractivity contribution < 1.29 is 19.1 Å². The molecule has 1 aromatic rings. The maximum Gasteiger partial charge on any atom is 0.407 e. The van der Waals surface area contributed by atoms with Gasteiger partial charge in [-0.1, -0.05) is 24.3 Å². The third kappa shape index (κ3) is 4.42. The Bertz CT molecular complexity index is 672. The van der Waals surface area contributed by atoms with Crippen molar-refractivity contribution in [3.8, 4) is 0 Å². The van der Waals surface area contributed by atoms with Crippen LogP contribution in [0.1, 0.15) is 43.1 Å². The zero-order chi connectivity index (χ0) is 17.0. The maximum absolute atomic E-state index is 11.8. The minimum Gasteiger partial charge on any atom is -0.444 e. The fraction of sp³-hybridized carbons (Fsp3) is 0.353. The highest BCUT2D eigenvalue weighted by Crippen LogP contribution is 2.27. The summed E-state index contributed by atoms with van der Waals surface area (Å²) in [5, 5.41) is 5.18. The molecule has 1 aliphatic rings. The van der Waals surface area contributed by atoms with E-state index in [0.717, 1.165) is 0 Å². The van der Waals surface area contributed by atoms with E-state index in [0.29, 0.717) is 29.8 Å². The Balaban J connectivity index is 1.89. The molecular formula is C17H20N2O4. The Morgan fingerprint density at radius 3 is 2.74 bits per heavy atom. The van der Waals surface area contributed by atoms with Crippen molar-refractivity contribution in [2.24, 2.45) is 0 Å². The van der Waals surface area contributed by atoms with Gasteiger partial charge in [-0.3, -0.25) is 9.59 Å². The van der Waals surface area contributed by atoms with Crippen LogP contribution in [0.5, 0.6) is 0 Å². The van der Waals surface area contributed by atoms with Gasteiger partial charge in [-0.2, -0.15) is 0 Å². The van der Waals surface area contributed by atoms with Gasteiger partial charge in [0, 0.05) is 6.54 Å². The van der Waals surface area contributed by atoms with Crippen LogP contribution in [-0.4, -0.2) is 29.9 Å². The van der Waals surface area contributed by atoms with Crippen molar-refractivity contribution in [2.45, 2.75) is 32.8 Å². The number of Topliss-reactive ketones (excluding diaryl/α,β-unsaturated/α-hetero) is 1. The molecule has 0 atom stereocenters. The van der Waals surface area contributed by atoms with Crippen LogP contribution in [-0.2, 0) is 9.53 Å². The number of anilines is 1. The first-order valence-corrected chi connectivity index (χ1v) is 7.40. The first-order valence-electron chi connectivity index (χ1n) is 7.40. The number of alkyl carbamates (subject to hydrolysis) is 1. The van der Waals surface area contributed by atoms with E-state index in [1.807, 2.05) is 6.08 Å². The molecule has 0 radical (unpaired) electrons. The number of benzene rings is 1. The molecule has 1 aliphatic heterocycles. The van der Waals surface area contributed by atoms with E-state index in [1.54, 1.807) is 45.0 Å². The summed E-state index contributed by atoms with van der Waals surface area (Å²) >= 11 is 0. The molecule has 0 spiro atoms. The van der Waals surface area contributed by atoms with Gasteiger partial charge in [-0.15, -0.1) is 0 Å². The van der Waals surface area contributed by atoms with Gasteiger partial charge >= 0.3 is 6.09 Å². The Morgan fingerprint density at radius 2 is 2.04 bits per heavy atom. The first-order chi connectivity index (χ1) is 10.8. The number of rotatable bonds is 4. The highest BCUT2D eigenvalue weighted by molar-refractivity contribution is 6.52. The highest BCUT2D eigenvalue weighted by Gasteiger charge is 2.29. The number of ether oxygens (including phenoxy) is 1. The number of amides is 2. The van der Waals surface area contributed by atoms with Gasteiger partial charge in [0.05, 0.1) is 11.3 Å². The summed E-state index contributed by atoms with van der Waals surface area (Å²) in [5.74, 6) is -1.13. The molecule has 6 nitrogen and oxygen atoms in total. The second-order valence-electron chi connectivity index (χ2n) is 6.17. The van der Waals surface area contributed by atoms with E-state index in [4.69, 9.17) is 4.74 Å². The largest absolute Gasteiger partial charge is 0.444 e. The number of fused-ring (bicyclic) bond motifs is 1. The fourth-order valence-electron chi connectivity index (χ4n) is 2.14. The fourth-order valence-corrected chi connectivity index (χ4v) is 2.14. The lowest BCUT2D eigenvalue weighted by Gasteiger charge is -2.19. The number of nitrogens with one attached hydrogen (secondary N) is 2. The van der Waals surface area contributed by atoms with Crippen molar-refractivity contribution in [3.05, 3.63) is 35.4 Å². The normalized spacial score (nSPS) is 13.9. The smallest absolute Gasteiger partial charge is 0.407 e. The van der Waals surface area contributed by atoms with Crippen LogP contribution in [0.25, 0.3) is 6.08 Å². The molecule has 1 heterocycles. The Labute approximate surface area is 134 Å². The van der Waals surface area contributed by atoms with Gasteiger partial charge in [0.15, 0.2) is 0 Å². The molecule has 2 N–H and O–H groups in total. The summed E-state index contributed by atoms with van der Waals surface area (Å²) in [4.78, 5) is 34.7. The Kier molecular flexibility index (Phi) is 4.83. The SMILES string of the molecule is CC(C)(C)OC(=O)NCCC=Cc1cccc2c1C(=O)C(=O)N2. The van der Waals surface area contributed by atoms with Gasteiger partial charge in [0.1, 0.15) is 5.60 Å². The summed E-state index contributed by atoms with van der Waals surface area (Å²) in [7, 11) is 0. The van der Waals surface area contributed by atoms with Gasteiger partial charge in [-0.25, -0.2) is 4.79 Å². The molecule has 0 aliphatic carbocycles. The Hall–Kier alpha value is -2.63. The van der Waals surface area contributed by atoms with E-state index in [9.17, 15) is 14.4 Å². The first kappa shape index (κ1) is 16.7. The van der Waals surface area contributed by atoms with Crippen molar-refractivity contribution in [2.75, 3.05) is 11.9 Å². The van der Waals surface area contributed by atoms with Crippen LogP contribution >= 0.6 is 0 Å². The average Bonchev–Trinajstić information content (AvgIpc) is 2.72. The van der Waals surface area contributed by atoms with Crippen LogP contribution < -0.4 is 10.6 Å². The van der Waals surface area contributed by atoms with E-state index < -0.39 is 23.4 Å². The molecule has 0 saturated heterocycles. The van der Waals surface area contributed by atoms with Gasteiger partial charge in [0.25, 0.3) is 11.7 Å². The van der Waals surface area contributed by atoms with Gasteiger partial charge < -0.3 is 15.4 Å². The second kappa shape index (κ2) is 6.64. The van der Waals surface area contributed by atoms with Crippen LogP contribution in [0, 0.1) is 0 Å². The van der Waals surface area contributed by atoms with Crippen LogP contribution in [0.15, 0.2) is 24.3 Å². The van der Waals surface area contributed by atoms with Crippen molar-refractivity contribution in [3.63, 3.8) is 0 Å². The third-order valence-electron chi connectivity index (χ3n) is 3.05. The standard InChI is InChI=1S/C17H20N2O4/c1-17(2,3)23-16(22)18-10-5-4-7-11-8-6-9-12-13(11)14(20)15(21)19-12/h4,6-9H,5,10H2,1-3H3,(H,18,22)(H,19,20,21). The predicted molar refractivity (Wildman–Crippen MR) is 87.3 cm³/mol. The van der Waals surface area contributed by atoms with Crippen LogP contribution in [0.3, 0.4) is 0 Å². The predicted octanol–water partition coefficient (Wildman–Crippen LogP) is 2.75. The highest BCUT2D eigenvalue weighted by atomic mass is 16.6. The molecule has 0 bridgehead atoms. The molecule has 122 valence electrons. The molecule has 6 heteroatoms. The Morgan fingerprint density at radius 1 is 1.30 bits per heavy atom. The van der Waals surface area contributed by atoms with E-state index in [2.05, 4.69) is 10.6 Å². The number of carbonyl (C=O) groups excluding carboxylic acids is 3. The summed E-state index contributed by atoms with van der Waals surface area (Å²) < 4.78 is 5.12. The number of hydrogen-bond donors (Lipinski definition) is 2. The molecule has 23 heavy (non-hydrogen) atoms. The summed E-state index contributed by atoms with van der Waals surface area (Å²) in [6.07, 6.45) is 3.73. The lowest BCUT2D eigenvalue weighted by molar-refractivity contribution is -0.112. The summed E-state index contributed by atoms with van der Waals surface area (Å²) in [6, 6.07) is 5.24. The lowest BCUT2D eigenvalue weighted by atomic mass is 10.0. The second-order valence-corrected chi connectivity index (χ2v) is 6.17. The molecule has 2 amide bonds. The number of ketones is 1. The van der Waals surface area contributed by atoms with Crippen LogP contribution in [0.4, 0.5) is 10.5 Å². The molecule has 0 fully saturated rings. The van der Waals surface area contributed by atoms with Crippen molar-refractivity contribution in [1.82, 2.24) is 5.32 Å². The molecular weight excluding hydrogens is 296 g/mol. The van der Waals surface area contributed by atoms with Crippen molar-refractivity contribution in [1.29, 1.82) is 0 Å². The quantitative estimate of drug-likeness (QED) is 0.661. The molecule has 0 unspecified atom stereocenters. The lowest BCUT2D eigenvalue weighted by Crippen LogP contribution is -2.32. The zero-order valence-corrected chi connectivity index (χ0v) is 13.4. The topological polar surface area (TPSA) is 84.5 Å². The summed E-state index contributed by atoms with van der Waals surface area (Å²) in [6.45, 7) is 5.82. The van der Waals surface area contributed by atoms with Crippen molar-refractivity contribution >= 4 is 29.5 Å². The molecule has 1 aromatic carbocycles. The molecule has 2 rings (SSSR count). The van der Waals surface area contributed by atoms with E-state index in [1.165, 1.54) is 0 Å². The minimum atomic E-state index is -0.604. The van der Waals surface area contributed by atoms with Gasteiger partial charge in [0.2, 0.25) is 0 Å². The number of carbonyl (C=O) groups is 3.